The second-order valence-corrected chi connectivity index (χ2v) is 8.55. The molecule has 0 fully saturated rings. The standard InChI is InChI=1S/C29H34N4/c1-3-4-20-33(24-32-21-19-31-23-32)29(26-11-7-5-8-12-26,27-13-9-6-10-14-27)22-25-15-17-28(30-2)18-16-25/h5-19,21,23,30H,3-4,20,22,24H2,1-2H3. The van der Waals surface area contributed by atoms with Crippen molar-refractivity contribution in [3.8, 4) is 0 Å². The van der Waals surface area contributed by atoms with E-state index in [1.807, 2.05) is 19.6 Å². The predicted octanol–water partition coefficient (Wildman–Crippen LogP) is 6.17. The van der Waals surface area contributed by atoms with Crippen LogP contribution in [0.1, 0.15) is 36.5 Å². The van der Waals surface area contributed by atoms with Crippen LogP contribution < -0.4 is 5.32 Å². The second kappa shape index (κ2) is 11.0. The monoisotopic (exact) mass is 438 g/mol. The van der Waals surface area contributed by atoms with Gasteiger partial charge in [0.15, 0.2) is 0 Å². The van der Waals surface area contributed by atoms with E-state index in [0.717, 1.165) is 38.2 Å². The molecule has 4 nitrogen and oxygen atoms in total. The molecule has 3 aromatic carbocycles. The second-order valence-electron chi connectivity index (χ2n) is 8.55. The Morgan fingerprint density at radius 1 is 0.879 bits per heavy atom. The highest BCUT2D eigenvalue weighted by Crippen LogP contribution is 2.40. The number of nitrogens with zero attached hydrogens (tertiary/aromatic N) is 3. The first kappa shape index (κ1) is 22.8. The molecule has 0 atom stereocenters. The van der Waals surface area contributed by atoms with E-state index >= 15 is 0 Å². The molecule has 4 aromatic rings. The van der Waals surface area contributed by atoms with Crippen LogP contribution >= 0.6 is 0 Å². The van der Waals surface area contributed by atoms with Crippen LogP contribution in [0.3, 0.4) is 0 Å². The van der Waals surface area contributed by atoms with E-state index in [1.165, 1.54) is 16.7 Å². The molecule has 1 heterocycles. The van der Waals surface area contributed by atoms with Crippen molar-refractivity contribution in [2.75, 3.05) is 18.9 Å². The van der Waals surface area contributed by atoms with Gasteiger partial charge in [-0.15, -0.1) is 0 Å². The zero-order chi connectivity index (χ0) is 22.9. The molecule has 0 radical (unpaired) electrons. The van der Waals surface area contributed by atoms with Crippen molar-refractivity contribution in [3.63, 3.8) is 0 Å². The van der Waals surface area contributed by atoms with E-state index in [1.54, 1.807) is 0 Å². The minimum absolute atomic E-state index is 0.316. The molecule has 4 heteroatoms. The summed E-state index contributed by atoms with van der Waals surface area (Å²) in [6, 6.07) is 30.8. The van der Waals surface area contributed by atoms with Crippen LogP contribution in [0.25, 0.3) is 0 Å². The summed E-state index contributed by atoms with van der Waals surface area (Å²) in [6.07, 6.45) is 9.00. The summed E-state index contributed by atoms with van der Waals surface area (Å²) >= 11 is 0. The van der Waals surface area contributed by atoms with Gasteiger partial charge in [0, 0.05) is 31.7 Å². The largest absolute Gasteiger partial charge is 0.388 e. The van der Waals surface area contributed by atoms with Crippen LogP contribution in [0.4, 0.5) is 5.69 Å². The van der Waals surface area contributed by atoms with E-state index in [2.05, 4.69) is 118 Å². The Hall–Kier alpha value is -3.37. The Labute approximate surface area is 197 Å². The van der Waals surface area contributed by atoms with Gasteiger partial charge in [-0.2, -0.15) is 0 Å². The third-order valence-electron chi connectivity index (χ3n) is 6.42. The van der Waals surface area contributed by atoms with Crippen LogP contribution in [-0.4, -0.2) is 28.0 Å². The maximum Gasteiger partial charge on any atom is 0.0956 e. The van der Waals surface area contributed by atoms with E-state index in [9.17, 15) is 0 Å². The fraction of sp³-hybridized carbons (Fsp3) is 0.276. The quantitative estimate of drug-likeness (QED) is 0.304. The summed E-state index contributed by atoms with van der Waals surface area (Å²) in [4.78, 5) is 6.95. The zero-order valence-corrected chi connectivity index (χ0v) is 19.7. The molecule has 0 aliphatic heterocycles. The van der Waals surface area contributed by atoms with Crippen LogP contribution in [0, 0.1) is 0 Å². The fourth-order valence-corrected chi connectivity index (χ4v) is 4.66. The number of anilines is 1. The van der Waals surface area contributed by atoms with Crippen molar-refractivity contribution in [1.29, 1.82) is 0 Å². The van der Waals surface area contributed by atoms with Gasteiger partial charge in [0.25, 0.3) is 0 Å². The van der Waals surface area contributed by atoms with Crippen molar-refractivity contribution in [1.82, 2.24) is 14.5 Å². The Morgan fingerprint density at radius 3 is 2.03 bits per heavy atom. The Bertz CT molecular complexity index is 1030. The maximum absolute atomic E-state index is 4.32. The summed E-state index contributed by atoms with van der Waals surface area (Å²) < 4.78 is 2.18. The first-order valence-corrected chi connectivity index (χ1v) is 11.8. The minimum atomic E-state index is -0.316. The molecule has 0 spiro atoms. The van der Waals surface area contributed by atoms with Gasteiger partial charge in [0.1, 0.15) is 0 Å². The molecule has 0 saturated heterocycles. The summed E-state index contributed by atoms with van der Waals surface area (Å²) in [5.41, 5.74) is 4.75. The van der Waals surface area contributed by atoms with E-state index < -0.39 is 0 Å². The summed E-state index contributed by atoms with van der Waals surface area (Å²) in [6.45, 7) is 4.03. The molecule has 1 N–H and O–H groups in total. The smallest absolute Gasteiger partial charge is 0.0956 e. The number of benzene rings is 3. The van der Waals surface area contributed by atoms with Gasteiger partial charge in [-0.25, -0.2) is 4.98 Å². The average molecular weight is 439 g/mol. The lowest BCUT2D eigenvalue weighted by molar-refractivity contribution is 0.0814. The minimum Gasteiger partial charge on any atom is -0.388 e. The fourth-order valence-electron chi connectivity index (χ4n) is 4.66. The van der Waals surface area contributed by atoms with Gasteiger partial charge in [-0.05, 0) is 41.7 Å². The first-order chi connectivity index (χ1) is 16.3. The van der Waals surface area contributed by atoms with Crippen LogP contribution in [0.15, 0.2) is 104 Å². The number of nitrogens with one attached hydrogen (secondary N) is 1. The van der Waals surface area contributed by atoms with Crippen molar-refractivity contribution in [3.05, 3.63) is 120 Å². The third-order valence-corrected chi connectivity index (χ3v) is 6.42. The molecule has 4 rings (SSSR count). The highest BCUT2D eigenvalue weighted by molar-refractivity contribution is 5.46. The average Bonchev–Trinajstić information content (AvgIpc) is 3.40. The molecule has 0 saturated carbocycles. The maximum atomic E-state index is 4.32. The summed E-state index contributed by atoms with van der Waals surface area (Å²) in [5.74, 6) is 0. The van der Waals surface area contributed by atoms with Crippen molar-refractivity contribution in [2.45, 2.75) is 38.4 Å². The number of hydrogen-bond acceptors (Lipinski definition) is 3. The van der Waals surface area contributed by atoms with E-state index in [4.69, 9.17) is 0 Å². The molecule has 0 bridgehead atoms. The molecule has 0 unspecified atom stereocenters. The molecule has 0 aliphatic rings. The number of hydrogen-bond donors (Lipinski definition) is 1. The SMILES string of the molecule is CCCCN(Cn1ccnc1)C(Cc1ccc(NC)cc1)(c1ccccc1)c1ccccc1. The van der Waals surface area contributed by atoms with Gasteiger partial charge >= 0.3 is 0 Å². The zero-order valence-electron chi connectivity index (χ0n) is 19.7. The molecular weight excluding hydrogens is 404 g/mol. The Kier molecular flexibility index (Phi) is 7.59. The predicted molar refractivity (Wildman–Crippen MR) is 137 cm³/mol. The highest BCUT2D eigenvalue weighted by Gasteiger charge is 2.40. The van der Waals surface area contributed by atoms with Crippen molar-refractivity contribution < 1.29 is 0 Å². The van der Waals surface area contributed by atoms with Crippen molar-refractivity contribution in [2.24, 2.45) is 0 Å². The summed E-state index contributed by atoms with van der Waals surface area (Å²) in [5, 5.41) is 3.24. The topological polar surface area (TPSA) is 33.1 Å². The van der Waals surface area contributed by atoms with Gasteiger partial charge < -0.3 is 9.88 Å². The summed E-state index contributed by atoms with van der Waals surface area (Å²) in [7, 11) is 1.96. The van der Waals surface area contributed by atoms with Crippen LogP contribution in [-0.2, 0) is 18.6 Å². The molecule has 0 aliphatic carbocycles. The molecule has 33 heavy (non-hydrogen) atoms. The number of imidazole rings is 1. The third kappa shape index (κ3) is 5.18. The lowest BCUT2D eigenvalue weighted by atomic mass is 9.76. The lowest BCUT2D eigenvalue weighted by Gasteiger charge is -2.45. The molecule has 1 aromatic heterocycles. The normalized spacial score (nSPS) is 11.6. The molecular formula is C29H34N4. The van der Waals surface area contributed by atoms with Gasteiger partial charge in [0.2, 0.25) is 0 Å². The molecule has 170 valence electrons. The Balaban J connectivity index is 1.90. The highest BCUT2D eigenvalue weighted by atomic mass is 15.3. The van der Waals surface area contributed by atoms with Crippen molar-refractivity contribution >= 4 is 5.69 Å². The molecule has 0 amide bonds. The van der Waals surface area contributed by atoms with Gasteiger partial charge in [0.05, 0.1) is 18.5 Å². The van der Waals surface area contributed by atoms with Crippen LogP contribution in [0.5, 0.6) is 0 Å². The van der Waals surface area contributed by atoms with E-state index in [0.29, 0.717) is 0 Å². The van der Waals surface area contributed by atoms with Crippen LogP contribution in [0.2, 0.25) is 0 Å². The lowest BCUT2D eigenvalue weighted by Crippen LogP contribution is -2.49. The van der Waals surface area contributed by atoms with E-state index in [-0.39, 0.29) is 5.54 Å². The number of unbranched alkanes of at least 4 members (excludes halogenated alkanes) is 1. The number of aromatic nitrogens is 2. The van der Waals surface area contributed by atoms with Gasteiger partial charge in [-0.1, -0.05) is 86.1 Å². The first-order valence-electron chi connectivity index (χ1n) is 11.8. The number of rotatable bonds is 11. The Morgan fingerprint density at radius 2 is 1.52 bits per heavy atom. The van der Waals surface area contributed by atoms with Gasteiger partial charge in [-0.3, -0.25) is 4.90 Å².